The van der Waals surface area contributed by atoms with E-state index in [0.717, 1.165) is 5.56 Å². The van der Waals surface area contributed by atoms with Gasteiger partial charge in [-0.25, -0.2) is 0 Å². The molecule has 122 heavy (non-hydrogen) atoms. The van der Waals surface area contributed by atoms with Crippen LogP contribution in [0.4, 0.5) is 0 Å². The first-order valence-electron chi connectivity index (χ1n) is 44.5. The first kappa shape index (κ1) is 104. The van der Waals surface area contributed by atoms with Crippen molar-refractivity contribution in [2.45, 2.75) is 250 Å². The van der Waals surface area contributed by atoms with Crippen molar-refractivity contribution in [1.82, 2.24) is 34.7 Å². The predicted octanol–water partition coefficient (Wildman–Crippen LogP) is 13.4. The molecule has 0 aliphatic carbocycles. The molecule has 0 aromatic heterocycles. The highest BCUT2D eigenvalue weighted by atomic mass is 31.2. The zero-order chi connectivity index (χ0) is 91.3. The molecule has 0 bridgehead atoms. The first-order valence-corrected chi connectivity index (χ1v) is 46.5. The summed E-state index contributed by atoms with van der Waals surface area (Å²) in [5.41, 5.74) is 1.26. The van der Waals surface area contributed by atoms with E-state index < -0.39 is 174 Å². The second kappa shape index (κ2) is 49.7. The van der Waals surface area contributed by atoms with E-state index in [-0.39, 0.29) is 93.0 Å². The SMILES string of the molecule is CC[C@@H]1CC(=O)[C@H]([C@H](O)[C@H](C)C/C=C/c2ccc(C(=O)CCCOCCCC(=O)CC[P+](c3ccccc3)(c3ccccc3)c3ccccc3)cc2)N(C)C(=O)[C@H](C(C)C)C(C)C(=O)[C@H](CC(C)C)N(C)C(=O)[C@H](CC(C)C)N(C)C(=O)[C@@H](C)NC(=O)[C@H](C)CC(=O)[C@H](CC(C)C)N(C)C(=O)[C@H](C(C)C)CC(=O)[C@H](CC(C)C)N(C)C(=O)CN(C)C1=O. The van der Waals surface area contributed by atoms with Gasteiger partial charge in [0.2, 0.25) is 41.4 Å². The summed E-state index contributed by atoms with van der Waals surface area (Å²) in [6, 6.07) is 31.6. The summed E-state index contributed by atoms with van der Waals surface area (Å²) in [7, 11) is 6.66. The van der Waals surface area contributed by atoms with Crippen molar-refractivity contribution in [2.24, 2.45) is 71.0 Å². The molecular weight excluding hydrogens is 1560 g/mol. The summed E-state index contributed by atoms with van der Waals surface area (Å²) in [5.74, 6) is -13.3. The van der Waals surface area contributed by atoms with Crippen LogP contribution in [0.15, 0.2) is 121 Å². The number of hydrogen-bond donors (Lipinski definition) is 2. The fourth-order valence-corrected chi connectivity index (χ4v) is 21.3. The van der Waals surface area contributed by atoms with Crippen LogP contribution in [0.5, 0.6) is 0 Å². The smallest absolute Gasteiger partial charge is 0.245 e. The standard InChI is InChI=1S/C99H146N7O15P/c1-24-74-60-88(111)91(92(113)69(14)37-34-38-73-47-49-75(50-48-73)85(108)46-36-53-121-52-35-39-76(107)51-54-122(77-40-28-25-29-41-77,78-42-30-26-31-43-78)79-44-32-27-33-45-79)106(23)99(120)90(68(12)13)71(16)93(114)83(57-65(6)7)104(21)98(119)84(58-66(8)9)105(22)95(116)72(17)100-94(115)70(15)59-86(109)82(56-64(4)5)103(20)97(118)80(67(10)11)61-87(110)81(55-63(2)3)102(19)89(112)62-101(18)96(74)117/h25-34,38,40-45,47-50,63-72,74,80-84,90-92,113H,24,35-37,39,46,51-62H2,1-23H3/p+1/b38-34+/t69-,70-,71?,72-,74-,80+,81+,82+,83+,84+,90-,91-,92-/m1/s1. The van der Waals surface area contributed by atoms with Crippen molar-refractivity contribution in [1.29, 1.82) is 0 Å². The van der Waals surface area contributed by atoms with Crippen LogP contribution in [0.1, 0.15) is 224 Å². The Morgan fingerprint density at radius 3 is 1.47 bits per heavy atom. The molecule has 0 radical (unpaired) electrons. The minimum atomic E-state index is -2.14. The fourth-order valence-electron chi connectivity index (χ4n) is 17.0. The number of ether oxygens (including phenoxy) is 1. The molecule has 0 saturated carbocycles. The number of ketones is 6. The quantitative estimate of drug-likeness (QED) is 0.0269. The second-order valence-corrected chi connectivity index (χ2v) is 40.5. The number of aliphatic hydroxyl groups excluding tert-OH is 1. The van der Waals surface area contributed by atoms with Gasteiger partial charge in [-0.2, -0.15) is 0 Å². The number of aliphatic hydroxyl groups is 1. The molecule has 1 saturated heterocycles. The summed E-state index contributed by atoms with van der Waals surface area (Å²) in [5, 5.41) is 19.2. The number of hydrogen-bond acceptors (Lipinski definition) is 15. The third kappa shape index (κ3) is 29.2. The molecule has 1 aliphatic heterocycles. The zero-order valence-electron chi connectivity index (χ0n) is 77.6. The van der Waals surface area contributed by atoms with Crippen molar-refractivity contribution in [2.75, 3.05) is 68.2 Å². The Bertz CT molecular complexity index is 4030. The van der Waals surface area contributed by atoms with Gasteiger partial charge in [0.15, 0.2) is 28.9 Å². The molecule has 1 heterocycles. The maximum Gasteiger partial charge on any atom is 0.245 e. The molecule has 2 N–H and O–H groups in total. The largest absolute Gasteiger partial charge is 0.390 e. The molecule has 1 fully saturated rings. The van der Waals surface area contributed by atoms with Crippen molar-refractivity contribution in [3.63, 3.8) is 0 Å². The van der Waals surface area contributed by atoms with E-state index >= 15 is 19.2 Å². The Labute approximate surface area is 729 Å². The van der Waals surface area contributed by atoms with Gasteiger partial charge in [0.05, 0.1) is 36.9 Å². The number of carbonyl (C=O) groups is 13. The number of nitrogens with one attached hydrogen (secondary N) is 1. The maximum absolute atomic E-state index is 15.7. The molecule has 22 nitrogen and oxygen atoms in total. The Morgan fingerprint density at radius 2 is 0.975 bits per heavy atom. The lowest BCUT2D eigenvalue weighted by Gasteiger charge is -2.40. The summed E-state index contributed by atoms with van der Waals surface area (Å²) < 4.78 is 5.95. The minimum Gasteiger partial charge on any atom is -0.390 e. The highest BCUT2D eigenvalue weighted by molar-refractivity contribution is 7.95. The lowest BCUT2D eigenvalue weighted by atomic mass is 9.77. The Hall–Kier alpha value is -8.72. The highest BCUT2D eigenvalue weighted by Gasteiger charge is 2.48. The number of allylic oxidation sites excluding steroid dienone is 1. The van der Waals surface area contributed by atoms with E-state index in [0.29, 0.717) is 50.6 Å². The monoisotopic (exact) mass is 1710 g/mol. The topological polar surface area (TPSA) is 283 Å². The molecule has 1 unspecified atom stereocenters. The molecule has 7 amide bonds. The van der Waals surface area contributed by atoms with E-state index in [1.807, 2.05) is 97.9 Å². The van der Waals surface area contributed by atoms with Gasteiger partial charge < -0.3 is 44.6 Å². The summed E-state index contributed by atoms with van der Waals surface area (Å²) in [6.07, 6.45) is 4.93. The lowest BCUT2D eigenvalue weighted by molar-refractivity contribution is -0.154. The molecule has 672 valence electrons. The van der Waals surface area contributed by atoms with Crippen LogP contribution in [-0.4, -0.2) is 221 Å². The fraction of sp³-hybridized carbons (Fsp3) is 0.606. The van der Waals surface area contributed by atoms with Gasteiger partial charge in [-0.1, -0.05) is 202 Å². The third-order valence-electron chi connectivity index (χ3n) is 24.5. The molecule has 4 aromatic rings. The first-order chi connectivity index (χ1) is 57.4. The molecule has 0 spiro atoms. The average molecular weight is 1710 g/mol. The normalized spacial score (nSPS) is 23.1. The van der Waals surface area contributed by atoms with Crippen molar-refractivity contribution in [3.05, 3.63) is 132 Å². The highest BCUT2D eigenvalue weighted by Crippen LogP contribution is 2.56. The average Bonchev–Trinajstić information content (AvgIpc) is 0.757. The molecule has 4 aromatic carbocycles. The molecule has 5 rings (SSSR count). The van der Waals surface area contributed by atoms with Gasteiger partial charge in [0.25, 0.3) is 0 Å². The van der Waals surface area contributed by atoms with Crippen LogP contribution in [-0.2, 0) is 62.3 Å². The molecular formula is C99H147N7O15P+. The van der Waals surface area contributed by atoms with Crippen LogP contribution < -0.4 is 21.2 Å². The van der Waals surface area contributed by atoms with Gasteiger partial charge in [0.1, 0.15) is 47.1 Å². The Morgan fingerprint density at radius 1 is 0.508 bits per heavy atom. The van der Waals surface area contributed by atoms with E-state index in [2.05, 4.69) is 78.1 Å². The van der Waals surface area contributed by atoms with Gasteiger partial charge >= 0.3 is 0 Å². The second-order valence-electron chi connectivity index (χ2n) is 36.9. The van der Waals surface area contributed by atoms with Gasteiger partial charge in [-0.3, -0.25) is 62.3 Å². The maximum atomic E-state index is 15.7. The van der Waals surface area contributed by atoms with E-state index in [1.54, 1.807) is 67.5 Å². The van der Waals surface area contributed by atoms with Crippen LogP contribution in [0.2, 0.25) is 0 Å². The van der Waals surface area contributed by atoms with Gasteiger partial charge in [-0.15, -0.1) is 0 Å². The Kier molecular flexibility index (Phi) is 42.3. The summed E-state index contributed by atoms with van der Waals surface area (Å²) in [4.78, 5) is 199. The van der Waals surface area contributed by atoms with E-state index in [1.165, 1.54) is 94.5 Å². The van der Waals surface area contributed by atoms with Gasteiger partial charge in [0, 0.05) is 129 Å². The third-order valence-corrected chi connectivity index (χ3v) is 28.9. The number of nitrogens with zero attached hydrogens (tertiary/aromatic N) is 6. The summed E-state index contributed by atoms with van der Waals surface area (Å²) in [6.45, 7) is 30.7. The zero-order valence-corrected chi connectivity index (χ0v) is 78.5. The van der Waals surface area contributed by atoms with Crippen LogP contribution in [0.25, 0.3) is 6.08 Å². The van der Waals surface area contributed by atoms with Crippen molar-refractivity contribution in [3.8, 4) is 0 Å². The number of rotatable bonds is 31. The van der Waals surface area contributed by atoms with Crippen molar-refractivity contribution < 1.29 is 72.2 Å². The van der Waals surface area contributed by atoms with Gasteiger partial charge in [-0.05, 0) is 142 Å². The number of benzene rings is 4. The minimum absolute atomic E-state index is 0.0623. The number of amides is 7. The number of Topliss-reactive ketones (excluding diaryl/α,β-unsaturated/α-hetero) is 6. The van der Waals surface area contributed by atoms with Crippen LogP contribution in [0.3, 0.4) is 0 Å². The van der Waals surface area contributed by atoms with E-state index in [4.69, 9.17) is 4.74 Å². The Balaban J connectivity index is 1.42. The van der Waals surface area contributed by atoms with Crippen molar-refractivity contribution >= 4 is 105 Å². The molecule has 13 atom stereocenters. The predicted molar refractivity (Wildman–Crippen MR) is 487 cm³/mol. The van der Waals surface area contributed by atoms with E-state index in [9.17, 15) is 48.3 Å². The lowest BCUT2D eigenvalue weighted by Crippen LogP contribution is -2.58. The molecule has 1 aliphatic rings. The van der Waals surface area contributed by atoms with Crippen LogP contribution >= 0.6 is 7.26 Å². The molecule has 23 heteroatoms. The number of carbonyl (C=O) groups excluding carboxylic acids is 13. The summed E-state index contributed by atoms with van der Waals surface area (Å²) >= 11 is 0. The van der Waals surface area contributed by atoms with Crippen LogP contribution in [0, 0.1) is 71.0 Å². The number of likely N-dealkylation sites (N-methyl/N-ethyl adjacent to an activating group) is 6.